The molecular weight excluding hydrogens is 326 g/mol. The summed E-state index contributed by atoms with van der Waals surface area (Å²) in [4.78, 5) is 28.5. The molecule has 2 aliphatic heterocycles. The third kappa shape index (κ3) is 4.44. The predicted octanol–water partition coefficient (Wildman–Crippen LogP) is 1.91. The average molecular weight is 357 g/mol. The van der Waals surface area contributed by atoms with E-state index < -0.39 is 11.3 Å². The van der Waals surface area contributed by atoms with Crippen LogP contribution in [0.3, 0.4) is 0 Å². The predicted molar refractivity (Wildman–Crippen MR) is 102 cm³/mol. The highest BCUT2D eigenvalue weighted by Gasteiger charge is 2.42. The van der Waals surface area contributed by atoms with Crippen molar-refractivity contribution in [3.63, 3.8) is 0 Å². The van der Waals surface area contributed by atoms with Crippen molar-refractivity contribution in [2.24, 2.45) is 23.0 Å². The fourth-order valence-electron chi connectivity index (χ4n) is 4.20. The lowest BCUT2D eigenvalue weighted by molar-refractivity contribution is -0.138. The van der Waals surface area contributed by atoms with Gasteiger partial charge in [-0.1, -0.05) is 44.2 Å². The number of rotatable bonds is 7. The first-order chi connectivity index (χ1) is 12.3. The molecular formula is C21H31N3O2. The number of carbonyl (C=O) groups is 2. The Kier molecular flexibility index (Phi) is 5.66. The van der Waals surface area contributed by atoms with Gasteiger partial charge in [-0.05, 0) is 36.8 Å². The summed E-state index contributed by atoms with van der Waals surface area (Å²) in [5, 5.41) is 0. The molecule has 1 aromatic rings. The largest absolute Gasteiger partial charge is 0.369 e. The second-order valence-corrected chi connectivity index (χ2v) is 8.59. The summed E-state index contributed by atoms with van der Waals surface area (Å²) in [6.07, 6.45) is 2.51. The van der Waals surface area contributed by atoms with Gasteiger partial charge in [-0.3, -0.25) is 9.59 Å². The zero-order valence-electron chi connectivity index (χ0n) is 16.0. The van der Waals surface area contributed by atoms with Crippen LogP contribution in [-0.2, 0) is 16.0 Å². The quantitative estimate of drug-likeness (QED) is 0.811. The molecule has 2 aliphatic rings. The van der Waals surface area contributed by atoms with Crippen molar-refractivity contribution >= 4 is 11.8 Å². The Morgan fingerprint density at radius 3 is 2.27 bits per heavy atom. The van der Waals surface area contributed by atoms with Gasteiger partial charge in [0.1, 0.15) is 0 Å². The third-order valence-electron chi connectivity index (χ3n) is 5.96. The van der Waals surface area contributed by atoms with Gasteiger partial charge in [-0.15, -0.1) is 0 Å². The summed E-state index contributed by atoms with van der Waals surface area (Å²) in [6, 6.07) is 10.6. The molecule has 3 rings (SSSR count). The van der Waals surface area contributed by atoms with Gasteiger partial charge in [0.2, 0.25) is 11.8 Å². The Bertz CT molecular complexity index is 630. The maximum atomic E-state index is 12.5. The Hall–Kier alpha value is -1.88. The average Bonchev–Trinajstić information content (AvgIpc) is 3.14. The minimum absolute atomic E-state index is 0.0684. The van der Waals surface area contributed by atoms with E-state index in [-0.39, 0.29) is 12.3 Å². The molecule has 0 bridgehead atoms. The van der Waals surface area contributed by atoms with E-state index in [1.54, 1.807) is 13.8 Å². The molecule has 2 heterocycles. The molecule has 0 spiro atoms. The number of amides is 2. The molecule has 2 N–H and O–H groups in total. The maximum absolute atomic E-state index is 12.5. The van der Waals surface area contributed by atoms with Crippen molar-refractivity contribution in [3.8, 4) is 0 Å². The number of likely N-dealkylation sites (tertiary alicyclic amines) is 2. The molecule has 0 aliphatic carbocycles. The van der Waals surface area contributed by atoms with Crippen LogP contribution in [0.1, 0.15) is 32.3 Å². The number of nitrogens with zero attached hydrogens (tertiary/aromatic N) is 2. The monoisotopic (exact) mass is 357 g/mol. The Morgan fingerprint density at radius 2 is 1.69 bits per heavy atom. The summed E-state index contributed by atoms with van der Waals surface area (Å²) in [5.41, 5.74) is 6.04. The summed E-state index contributed by atoms with van der Waals surface area (Å²) < 4.78 is 0. The molecule has 1 aromatic carbocycles. The van der Waals surface area contributed by atoms with Crippen molar-refractivity contribution in [2.45, 2.75) is 33.1 Å². The second-order valence-electron chi connectivity index (χ2n) is 8.59. The van der Waals surface area contributed by atoms with Gasteiger partial charge < -0.3 is 15.5 Å². The Labute approximate surface area is 156 Å². The minimum Gasteiger partial charge on any atom is -0.369 e. The summed E-state index contributed by atoms with van der Waals surface area (Å²) in [5.74, 6) is 0.813. The van der Waals surface area contributed by atoms with E-state index in [1.165, 1.54) is 12.0 Å². The molecule has 2 atom stereocenters. The number of hydrogen-bond donors (Lipinski definition) is 1. The van der Waals surface area contributed by atoms with E-state index in [4.69, 9.17) is 5.73 Å². The lowest BCUT2D eigenvalue weighted by Crippen LogP contribution is -2.40. The minimum atomic E-state index is -0.766. The molecule has 26 heavy (non-hydrogen) atoms. The molecule has 2 saturated heterocycles. The standard InChI is InChI=1S/C21H31N3O2/c1-21(2,20(22)26)11-19(25)24-14-17-12-23(13-18(17)15-24)10-6-9-16-7-4-3-5-8-16/h3-5,7-8,17-18H,6,9-15H2,1-2H3,(H2,22,26)/t17-,18?/m0/s1. The first-order valence-electron chi connectivity index (χ1n) is 9.69. The van der Waals surface area contributed by atoms with Crippen LogP contribution in [-0.4, -0.2) is 54.3 Å². The molecule has 0 saturated carbocycles. The van der Waals surface area contributed by atoms with E-state index in [9.17, 15) is 9.59 Å². The molecule has 142 valence electrons. The molecule has 2 amide bonds. The molecule has 5 heteroatoms. The van der Waals surface area contributed by atoms with E-state index in [1.807, 2.05) is 4.90 Å². The van der Waals surface area contributed by atoms with Crippen LogP contribution in [0, 0.1) is 17.3 Å². The van der Waals surface area contributed by atoms with Crippen LogP contribution in [0.2, 0.25) is 0 Å². The van der Waals surface area contributed by atoms with Gasteiger partial charge in [0.05, 0.1) is 5.41 Å². The van der Waals surface area contributed by atoms with Gasteiger partial charge in [0, 0.05) is 32.6 Å². The zero-order valence-corrected chi connectivity index (χ0v) is 16.0. The van der Waals surface area contributed by atoms with E-state index >= 15 is 0 Å². The summed E-state index contributed by atoms with van der Waals surface area (Å²) in [6.45, 7) is 8.45. The normalized spacial score (nSPS) is 23.2. The van der Waals surface area contributed by atoms with Crippen LogP contribution in [0.4, 0.5) is 0 Å². The van der Waals surface area contributed by atoms with E-state index in [0.717, 1.165) is 39.1 Å². The SMILES string of the molecule is CC(C)(CC(=O)N1CC2CN(CCCc3ccccc3)C[C@H]2C1)C(N)=O. The summed E-state index contributed by atoms with van der Waals surface area (Å²) >= 11 is 0. The van der Waals surface area contributed by atoms with Gasteiger partial charge in [0.15, 0.2) is 0 Å². The molecule has 0 radical (unpaired) electrons. The highest BCUT2D eigenvalue weighted by molar-refractivity contribution is 5.87. The summed E-state index contributed by atoms with van der Waals surface area (Å²) in [7, 11) is 0. The number of nitrogens with two attached hydrogens (primary N) is 1. The van der Waals surface area contributed by atoms with Gasteiger partial charge in [0.25, 0.3) is 0 Å². The van der Waals surface area contributed by atoms with Gasteiger partial charge in [-0.2, -0.15) is 0 Å². The van der Waals surface area contributed by atoms with Gasteiger partial charge in [-0.25, -0.2) is 0 Å². The number of aryl methyl sites for hydroxylation is 1. The van der Waals surface area contributed by atoms with Crippen molar-refractivity contribution in [1.82, 2.24) is 9.80 Å². The van der Waals surface area contributed by atoms with Crippen molar-refractivity contribution in [2.75, 3.05) is 32.7 Å². The topological polar surface area (TPSA) is 66.6 Å². The Balaban J connectivity index is 1.41. The Morgan fingerprint density at radius 1 is 1.08 bits per heavy atom. The number of hydrogen-bond acceptors (Lipinski definition) is 3. The first-order valence-corrected chi connectivity index (χ1v) is 9.69. The van der Waals surface area contributed by atoms with E-state index in [0.29, 0.717) is 11.8 Å². The molecule has 0 aromatic heterocycles. The fraction of sp³-hybridized carbons (Fsp3) is 0.619. The maximum Gasteiger partial charge on any atom is 0.223 e. The highest BCUT2D eigenvalue weighted by atomic mass is 16.2. The lowest BCUT2D eigenvalue weighted by Gasteiger charge is -2.25. The van der Waals surface area contributed by atoms with Crippen molar-refractivity contribution in [3.05, 3.63) is 35.9 Å². The zero-order chi connectivity index (χ0) is 18.7. The van der Waals surface area contributed by atoms with Crippen LogP contribution in [0.25, 0.3) is 0 Å². The number of primary amides is 1. The van der Waals surface area contributed by atoms with Crippen molar-refractivity contribution < 1.29 is 9.59 Å². The fourth-order valence-corrected chi connectivity index (χ4v) is 4.20. The van der Waals surface area contributed by atoms with Crippen molar-refractivity contribution in [1.29, 1.82) is 0 Å². The first kappa shape index (κ1) is 18.9. The van der Waals surface area contributed by atoms with Crippen LogP contribution < -0.4 is 5.73 Å². The third-order valence-corrected chi connectivity index (χ3v) is 5.96. The van der Waals surface area contributed by atoms with E-state index in [2.05, 4.69) is 35.2 Å². The lowest BCUT2D eigenvalue weighted by atomic mass is 9.88. The number of fused-ring (bicyclic) bond motifs is 1. The van der Waals surface area contributed by atoms with Gasteiger partial charge >= 0.3 is 0 Å². The highest BCUT2D eigenvalue weighted by Crippen LogP contribution is 2.32. The molecule has 5 nitrogen and oxygen atoms in total. The van der Waals surface area contributed by atoms with Crippen LogP contribution in [0.5, 0.6) is 0 Å². The molecule has 1 unspecified atom stereocenters. The second kappa shape index (κ2) is 7.78. The smallest absolute Gasteiger partial charge is 0.223 e. The van der Waals surface area contributed by atoms with Crippen LogP contribution >= 0.6 is 0 Å². The number of carbonyl (C=O) groups excluding carboxylic acids is 2. The van der Waals surface area contributed by atoms with Crippen LogP contribution in [0.15, 0.2) is 30.3 Å². The number of benzene rings is 1. The molecule has 2 fully saturated rings.